The van der Waals surface area contributed by atoms with Gasteiger partial charge in [-0.2, -0.15) is 0 Å². The van der Waals surface area contributed by atoms with Crippen molar-refractivity contribution < 1.29 is 28.9 Å². The Hall–Kier alpha value is -3.96. The van der Waals surface area contributed by atoms with Gasteiger partial charge < -0.3 is 24.2 Å². The molecule has 0 aliphatic carbocycles. The van der Waals surface area contributed by atoms with E-state index in [-0.39, 0.29) is 11.6 Å². The second-order valence-corrected chi connectivity index (χ2v) is 8.10. The van der Waals surface area contributed by atoms with Crippen LogP contribution in [0.3, 0.4) is 0 Å². The van der Waals surface area contributed by atoms with Crippen molar-refractivity contribution in [3.63, 3.8) is 0 Å². The molecule has 1 amide bonds. The summed E-state index contributed by atoms with van der Waals surface area (Å²) in [7, 11) is 3.11. The minimum atomic E-state index is -0.636. The molecular weight excluding hydrogens is 466 g/mol. The first-order valence-electron chi connectivity index (χ1n) is 11.5. The predicted molar refractivity (Wildman–Crippen MR) is 133 cm³/mol. The maximum absolute atomic E-state index is 12.3. The first-order valence-corrected chi connectivity index (χ1v) is 11.5. The van der Waals surface area contributed by atoms with Gasteiger partial charge in [-0.3, -0.25) is 14.3 Å². The van der Waals surface area contributed by atoms with Gasteiger partial charge in [-0.25, -0.2) is 0 Å². The molecule has 1 fully saturated rings. The number of morpholine rings is 1. The number of carbonyl (C=O) groups is 1. The van der Waals surface area contributed by atoms with Crippen molar-refractivity contribution in [1.29, 1.82) is 0 Å². The fourth-order valence-corrected chi connectivity index (χ4v) is 3.89. The fraction of sp³-hybridized carbons (Fsp3) is 0.360. The van der Waals surface area contributed by atoms with E-state index < -0.39 is 12.5 Å². The van der Waals surface area contributed by atoms with Crippen LogP contribution in [0.2, 0.25) is 0 Å². The summed E-state index contributed by atoms with van der Waals surface area (Å²) >= 11 is 0. The van der Waals surface area contributed by atoms with Crippen molar-refractivity contribution in [2.75, 3.05) is 47.1 Å². The SMILES string of the molecule is COc1ccc(/C(C)=N\OCC(=O)N=Nc2c(O)n(CN3CCOCC3)c3ccccc23)cc1OC. The lowest BCUT2D eigenvalue weighted by molar-refractivity contribution is -0.122. The number of aromatic hydroxyl groups is 1. The first kappa shape index (κ1) is 25.1. The van der Waals surface area contributed by atoms with Crippen molar-refractivity contribution in [1.82, 2.24) is 9.47 Å². The number of benzene rings is 2. The molecule has 4 rings (SSSR count). The highest BCUT2D eigenvalue weighted by Crippen LogP contribution is 2.39. The van der Waals surface area contributed by atoms with Crippen LogP contribution in [0.5, 0.6) is 17.4 Å². The van der Waals surface area contributed by atoms with Crippen molar-refractivity contribution >= 4 is 28.2 Å². The lowest BCUT2D eigenvalue weighted by Gasteiger charge is -2.27. The van der Waals surface area contributed by atoms with E-state index in [2.05, 4.69) is 20.3 Å². The molecule has 1 aromatic heterocycles. The molecule has 0 spiro atoms. The lowest BCUT2D eigenvalue weighted by Crippen LogP contribution is -2.37. The van der Waals surface area contributed by atoms with E-state index >= 15 is 0 Å². The number of rotatable bonds is 9. The third-order valence-corrected chi connectivity index (χ3v) is 5.81. The predicted octanol–water partition coefficient (Wildman–Crippen LogP) is 3.70. The molecule has 0 saturated carbocycles. The van der Waals surface area contributed by atoms with Crippen LogP contribution in [0.25, 0.3) is 10.9 Å². The van der Waals surface area contributed by atoms with Crippen LogP contribution in [0.1, 0.15) is 12.5 Å². The monoisotopic (exact) mass is 495 g/mol. The Balaban J connectivity index is 1.43. The van der Waals surface area contributed by atoms with Gasteiger partial charge in [-0.05, 0) is 31.2 Å². The summed E-state index contributed by atoms with van der Waals surface area (Å²) in [5, 5.41) is 23.3. The summed E-state index contributed by atoms with van der Waals surface area (Å²) in [6.07, 6.45) is 0. The molecule has 0 bridgehead atoms. The van der Waals surface area contributed by atoms with Crippen LogP contribution in [0, 0.1) is 0 Å². The number of oxime groups is 1. The number of nitrogens with zero attached hydrogens (tertiary/aromatic N) is 5. The van der Waals surface area contributed by atoms with E-state index in [1.165, 1.54) is 0 Å². The average Bonchev–Trinajstić information content (AvgIpc) is 3.17. The maximum atomic E-state index is 12.3. The molecule has 2 aromatic carbocycles. The van der Waals surface area contributed by atoms with E-state index in [4.69, 9.17) is 19.0 Å². The Morgan fingerprint density at radius 3 is 2.58 bits per heavy atom. The quantitative estimate of drug-likeness (QED) is 0.273. The molecule has 1 saturated heterocycles. The molecule has 3 aromatic rings. The Labute approximate surface area is 208 Å². The molecule has 0 radical (unpaired) electrons. The van der Waals surface area contributed by atoms with Gasteiger partial charge in [-0.1, -0.05) is 23.4 Å². The van der Waals surface area contributed by atoms with Gasteiger partial charge in [0.1, 0.15) is 0 Å². The Morgan fingerprint density at radius 1 is 1.08 bits per heavy atom. The van der Waals surface area contributed by atoms with Crippen LogP contribution < -0.4 is 9.47 Å². The van der Waals surface area contributed by atoms with E-state index in [1.54, 1.807) is 43.9 Å². The zero-order chi connectivity index (χ0) is 25.5. The minimum Gasteiger partial charge on any atom is -0.493 e. The van der Waals surface area contributed by atoms with Crippen molar-refractivity contribution in [2.45, 2.75) is 13.6 Å². The van der Waals surface area contributed by atoms with Crippen molar-refractivity contribution in [3.05, 3.63) is 48.0 Å². The van der Waals surface area contributed by atoms with Gasteiger partial charge in [0.2, 0.25) is 5.88 Å². The smallest absolute Gasteiger partial charge is 0.304 e. The number of hydrogen-bond donors (Lipinski definition) is 1. The lowest BCUT2D eigenvalue weighted by atomic mass is 10.1. The van der Waals surface area contributed by atoms with Crippen LogP contribution >= 0.6 is 0 Å². The topological polar surface area (TPSA) is 119 Å². The summed E-state index contributed by atoms with van der Waals surface area (Å²) in [4.78, 5) is 19.6. The van der Waals surface area contributed by atoms with Crippen molar-refractivity contribution in [3.8, 4) is 17.4 Å². The number of para-hydroxylation sites is 1. The van der Waals surface area contributed by atoms with E-state index in [1.807, 2.05) is 24.3 Å². The zero-order valence-corrected chi connectivity index (χ0v) is 20.5. The van der Waals surface area contributed by atoms with Gasteiger partial charge in [0.15, 0.2) is 23.8 Å². The molecular formula is C25H29N5O6. The molecule has 1 aliphatic rings. The molecule has 2 heterocycles. The average molecular weight is 496 g/mol. The van der Waals surface area contributed by atoms with Gasteiger partial charge in [0.25, 0.3) is 0 Å². The second-order valence-electron chi connectivity index (χ2n) is 8.10. The highest BCUT2D eigenvalue weighted by atomic mass is 16.6. The maximum Gasteiger partial charge on any atom is 0.304 e. The number of amides is 1. The fourth-order valence-electron chi connectivity index (χ4n) is 3.89. The summed E-state index contributed by atoms with van der Waals surface area (Å²) in [6, 6.07) is 12.8. The number of azo groups is 1. The highest BCUT2D eigenvalue weighted by Gasteiger charge is 2.20. The van der Waals surface area contributed by atoms with Gasteiger partial charge in [0.05, 0.1) is 45.3 Å². The summed E-state index contributed by atoms with van der Waals surface area (Å²) < 4.78 is 17.7. The van der Waals surface area contributed by atoms with E-state index in [0.29, 0.717) is 42.5 Å². The number of aromatic nitrogens is 1. The Morgan fingerprint density at radius 2 is 1.83 bits per heavy atom. The normalized spacial score (nSPS) is 14.9. The highest BCUT2D eigenvalue weighted by molar-refractivity contribution is 5.99. The van der Waals surface area contributed by atoms with Crippen LogP contribution in [0.4, 0.5) is 5.69 Å². The van der Waals surface area contributed by atoms with Gasteiger partial charge in [0, 0.05) is 24.0 Å². The van der Waals surface area contributed by atoms with Crippen molar-refractivity contribution in [2.24, 2.45) is 15.4 Å². The third-order valence-electron chi connectivity index (χ3n) is 5.81. The molecule has 190 valence electrons. The first-order chi connectivity index (χ1) is 17.5. The summed E-state index contributed by atoms with van der Waals surface area (Å²) in [5.41, 5.74) is 2.33. The zero-order valence-electron chi connectivity index (χ0n) is 20.5. The number of carbonyl (C=O) groups excluding carboxylic acids is 1. The van der Waals surface area contributed by atoms with Crippen LogP contribution in [0.15, 0.2) is 57.8 Å². The van der Waals surface area contributed by atoms with Gasteiger partial charge in [-0.15, -0.1) is 10.2 Å². The molecule has 36 heavy (non-hydrogen) atoms. The number of hydrogen-bond acceptors (Lipinski definition) is 9. The molecule has 1 N–H and O–H groups in total. The Kier molecular flexibility index (Phi) is 8.13. The third kappa shape index (κ3) is 5.64. The molecule has 11 heteroatoms. The standard InChI is InChI=1S/C25H29N5O6/c1-17(18-8-9-21(33-2)22(14-18)34-3)28-36-15-23(31)26-27-24-19-6-4-5-7-20(19)30(25(24)32)16-29-10-12-35-13-11-29/h4-9,14,32H,10-13,15-16H2,1-3H3/b27-26?,28-17-. The molecule has 0 atom stereocenters. The largest absolute Gasteiger partial charge is 0.493 e. The molecule has 11 nitrogen and oxygen atoms in total. The van der Waals surface area contributed by atoms with E-state index in [9.17, 15) is 9.90 Å². The van der Waals surface area contributed by atoms with E-state index in [0.717, 1.165) is 24.2 Å². The second kappa shape index (κ2) is 11.6. The Bertz CT molecular complexity index is 1280. The summed E-state index contributed by atoms with van der Waals surface area (Å²) in [6.45, 7) is 4.65. The van der Waals surface area contributed by atoms with Crippen LogP contribution in [-0.2, 0) is 21.0 Å². The van der Waals surface area contributed by atoms with Gasteiger partial charge >= 0.3 is 5.91 Å². The number of ether oxygens (including phenoxy) is 3. The summed E-state index contributed by atoms with van der Waals surface area (Å²) in [5.74, 6) is 0.466. The molecule has 0 unspecified atom stereocenters. The number of methoxy groups -OCH3 is 2. The van der Waals surface area contributed by atoms with Crippen LogP contribution in [-0.4, -0.2) is 73.3 Å². The molecule has 1 aliphatic heterocycles. The number of fused-ring (bicyclic) bond motifs is 1. The minimum absolute atomic E-state index is 0.0533.